The van der Waals surface area contributed by atoms with Gasteiger partial charge < -0.3 is 5.73 Å². The average Bonchev–Trinajstić information content (AvgIpc) is 2.09. The Labute approximate surface area is 82.7 Å². The highest BCUT2D eigenvalue weighted by Crippen LogP contribution is 2.25. The first-order valence-corrected chi connectivity index (χ1v) is 4.47. The molecule has 0 radical (unpaired) electrons. The summed E-state index contributed by atoms with van der Waals surface area (Å²) in [4.78, 5) is 4.00. The first kappa shape index (κ1) is 8.44. The fourth-order valence-corrected chi connectivity index (χ4v) is 1.51. The highest BCUT2D eigenvalue weighted by atomic mass is 79.9. The lowest BCUT2D eigenvalue weighted by atomic mass is 10.2. The van der Waals surface area contributed by atoms with Crippen molar-refractivity contribution >= 4 is 32.5 Å². The third-order valence-electron chi connectivity index (χ3n) is 1.82. The minimum Gasteiger partial charge on any atom is -0.398 e. The van der Waals surface area contributed by atoms with Gasteiger partial charge in [0, 0.05) is 23.3 Å². The van der Waals surface area contributed by atoms with Crippen LogP contribution >= 0.6 is 15.9 Å². The molecule has 2 nitrogen and oxygen atoms in total. The Kier molecular flexibility index (Phi) is 1.92. The van der Waals surface area contributed by atoms with Gasteiger partial charge in [-0.15, -0.1) is 0 Å². The molecule has 0 atom stereocenters. The molecule has 0 aliphatic rings. The largest absolute Gasteiger partial charge is 0.398 e. The van der Waals surface area contributed by atoms with Crippen molar-refractivity contribution in [2.75, 3.05) is 5.73 Å². The molecule has 2 aromatic rings. The lowest BCUT2D eigenvalue weighted by molar-refractivity contribution is 0.623. The van der Waals surface area contributed by atoms with Crippen LogP contribution in [-0.4, -0.2) is 4.98 Å². The number of nitrogens with zero attached hydrogens (tertiary/aromatic N) is 1. The van der Waals surface area contributed by atoms with Crippen molar-refractivity contribution in [2.24, 2.45) is 0 Å². The molecule has 13 heavy (non-hydrogen) atoms. The van der Waals surface area contributed by atoms with E-state index in [2.05, 4.69) is 20.9 Å². The number of anilines is 1. The Morgan fingerprint density at radius 1 is 1.38 bits per heavy atom. The average molecular weight is 241 g/mol. The molecule has 1 heterocycles. The molecule has 2 N–H and O–H groups in total. The van der Waals surface area contributed by atoms with Crippen LogP contribution in [0, 0.1) is 5.82 Å². The van der Waals surface area contributed by atoms with Gasteiger partial charge >= 0.3 is 0 Å². The summed E-state index contributed by atoms with van der Waals surface area (Å²) in [6.07, 6.45) is 1.56. The zero-order valence-corrected chi connectivity index (χ0v) is 8.18. The summed E-state index contributed by atoms with van der Waals surface area (Å²) in [5.41, 5.74) is 6.86. The van der Waals surface area contributed by atoms with Gasteiger partial charge in [0.05, 0.1) is 9.99 Å². The van der Waals surface area contributed by atoms with Crippen LogP contribution in [0.3, 0.4) is 0 Å². The van der Waals surface area contributed by atoms with Crippen LogP contribution in [0.4, 0.5) is 10.1 Å². The van der Waals surface area contributed by atoms with Gasteiger partial charge in [0.25, 0.3) is 0 Å². The smallest absolute Gasteiger partial charge is 0.139 e. The zero-order chi connectivity index (χ0) is 9.42. The van der Waals surface area contributed by atoms with Crippen molar-refractivity contribution in [3.05, 3.63) is 34.7 Å². The zero-order valence-electron chi connectivity index (χ0n) is 6.59. The van der Waals surface area contributed by atoms with E-state index in [-0.39, 0.29) is 5.82 Å². The lowest BCUT2D eigenvalue weighted by Gasteiger charge is -2.01. The molecule has 0 bridgehead atoms. The van der Waals surface area contributed by atoms with Gasteiger partial charge in [0.15, 0.2) is 0 Å². The van der Waals surface area contributed by atoms with Crippen LogP contribution in [0.5, 0.6) is 0 Å². The number of pyridine rings is 1. The molecule has 0 aliphatic carbocycles. The topological polar surface area (TPSA) is 38.9 Å². The maximum absolute atomic E-state index is 13.1. The van der Waals surface area contributed by atoms with Crippen molar-refractivity contribution in [1.29, 1.82) is 0 Å². The summed E-state index contributed by atoms with van der Waals surface area (Å²) in [5, 5.41) is 0.760. The minimum atomic E-state index is -0.328. The summed E-state index contributed by atoms with van der Waals surface area (Å²) in [6.45, 7) is 0. The standard InChI is InChI=1S/C9H6BrFN2/c10-6-3-5-8(12)1-2-13-9(5)4-7(6)11/h1-4H,(H2,12,13). The van der Waals surface area contributed by atoms with Crippen LogP contribution in [0.2, 0.25) is 0 Å². The number of halogens is 2. The SMILES string of the molecule is Nc1ccnc2cc(F)c(Br)cc12. The molecule has 0 saturated heterocycles. The summed E-state index contributed by atoms with van der Waals surface area (Å²) < 4.78 is 13.5. The molecule has 0 fully saturated rings. The molecule has 0 amide bonds. The van der Waals surface area contributed by atoms with Gasteiger partial charge in [-0.3, -0.25) is 4.98 Å². The molecule has 0 saturated carbocycles. The Morgan fingerprint density at radius 3 is 2.92 bits per heavy atom. The van der Waals surface area contributed by atoms with E-state index in [0.717, 1.165) is 5.39 Å². The third-order valence-corrected chi connectivity index (χ3v) is 2.43. The number of benzene rings is 1. The number of hydrogen-bond acceptors (Lipinski definition) is 2. The van der Waals surface area contributed by atoms with Gasteiger partial charge in [-0.05, 0) is 28.1 Å². The molecule has 2 rings (SSSR count). The van der Waals surface area contributed by atoms with Crippen molar-refractivity contribution < 1.29 is 4.39 Å². The summed E-state index contributed by atoms with van der Waals surface area (Å²) in [5.74, 6) is -0.328. The molecule has 4 heteroatoms. The predicted molar refractivity (Wildman–Crippen MR) is 53.8 cm³/mol. The van der Waals surface area contributed by atoms with Crippen LogP contribution in [0.1, 0.15) is 0 Å². The van der Waals surface area contributed by atoms with Gasteiger partial charge in [0.1, 0.15) is 5.82 Å². The maximum atomic E-state index is 13.1. The fourth-order valence-electron chi connectivity index (χ4n) is 1.16. The number of hydrogen-bond donors (Lipinski definition) is 1. The maximum Gasteiger partial charge on any atom is 0.139 e. The normalized spacial score (nSPS) is 10.6. The Morgan fingerprint density at radius 2 is 2.15 bits per heavy atom. The monoisotopic (exact) mass is 240 g/mol. The van der Waals surface area contributed by atoms with E-state index < -0.39 is 0 Å². The highest BCUT2D eigenvalue weighted by Gasteiger charge is 2.04. The molecule has 0 aliphatic heterocycles. The third kappa shape index (κ3) is 1.37. The molecule has 0 unspecified atom stereocenters. The second kappa shape index (κ2) is 2.96. The number of rotatable bonds is 0. The van der Waals surface area contributed by atoms with E-state index in [1.807, 2.05) is 0 Å². The fraction of sp³-hybridized carbons (Fsp3) is 0. The first-order valence-electron chi connectivity index (χ1n) is 3.68. The molecular weight excluding hydrogens is 235 g/mol. The quantitative estimate of drug-likeness (QED) is 0.770. The molecule has 0 spiro atoms. The summed E-state index contributed by atoms with van der Waals surface area (Å²) in [6, 6.07) is 4.68. The van der Waals surface area contributed by atoms with Crippen LogP contribution in [0.25, 0.3) is 10.9 Å². The molecule has 66 valence electrons. The predicted octanol–water partition coefficient (Wildman–Crippen LogP) is 2.72. The van der Waals surface area contributed by atoms with Gasteiger partial charge in [0.2, 0.25) is 0 Å². The van der Waals surface area contributed by atoms with Gasteiger partial charge in [-0.2, -0.15) is 0 Å². The second-order valence-electron chi connectivity index (χ2n) is 2.68. The van der Waals surface area contributed by atoms with E-state index in [1.165, 1.54) is 6.07 Å². The van der Waals surface area contributed by atoms with Crippen molar-refractivity contribution in [3.8, 4) is 0 Å². The van der Waals surface area contributed by atoms with Crippen LogP contribution < -0.4 is 5.73 Å². The molecule has 1 aromatic carbocycles. The van der Waals surface area contributed by atoms with E-state index in [4.69, 9.17) is 5.73 Å². The van der Waals surface area contributed by atoms with Crippen LogP contribution in [-0.2, 0) is 0 Å². The second-order valence-corrected chi connectivity index (χ2v) is 3.54. The minimum absolute atomic E-state index is 0.328. The first-order chi connectivity index (χ1) is 6.18. The van der Waals surface area contributed by atoms with E-state index >= 15 is 0 Å². The van der Waals surface area contributed by atoms with E-state index in [1.54, 1.807) is 18.3 Å². The van der Waals surface area contributed by atoms with E-state index in [9.17, 15) is 4.39 Å². The van der Waals surface area contributed by atoms with E-state index in [0.29, 0.717) is 15.7 Å². The molecule has 1 aromatic heterocycles. The highest BCUT2D eigenvalue weighted by molar-refractivity contribution is 9.10. The Hall–Kier alpha value is -1.16. The van der Waals surface area contributed by atoms with Crippen molar-refractivity contribution in [2.45, 2.75) is 0 Å². The summed E-state index contributed by atoms with van der Waals surface area (Å²) in [7, 11) is 0. The van der Waals surface area contributed by atoms with Crippen molar-refractivity contribution in [1.82, 2.24) is 4.98 Å². The lowest BCUT2D eigenvalue weighted by Crippen LogP contribution is -1.90. The number of nitrogen functional groups attached to an aromatic ring is 1. The number of aromatic nitrogens is 1. The summed E-state index contributed by atoms with van der Waals surface area (Å²) >= 11 is 3.09. The number of nitrogens with two attached hydrogens (primary N) is 1. The number of fused-ring (bicyclic) bond motifs is 1. The van der Waals surface area contributed by atoms with Crippen LogP contribution in [0.15, 0.2) is 28.9 Å². The Bertz CT molecular complexity index is 470. The van der Waals surface area contributed by atoms with Gasteiger partial charge in [-0.25, -0.2) is 4.39 Å². The van der Waals surface area contributed by atoms with Crippen molar-refractivity contribution in [3.63, 3.8) is 0 Å². The Balaban J connectivity index is 2.89. The molecular formula is C9H6BrFN2. The van der Waals surface area contributed by atoms with Gasteiger partial charge in [-0.1, -0.05) is 0 Å².